The highest BCUT2D eigenvalue weighted by Gasteiger charge is 2.42. The molecule has 2 amide bonds. The van der Waals surface area contributed by atoms with Crippen molar-refractivity contribution in [3.63, 3.8) is 0 Å². The third kappa shape index (κ3) is 7.87. The summed E-state index contributed by atoms with van der Waals surface area (Å²) in [5.41, 5.74) is 0.867. The normalized spacial score (nSPS) is 17.8. The molecular formula is C24H29BN4O7. The molecule has 1 fully saturated rings. The number of nitrogens with one attached hydrogen (secondary N) is 2. The Morgan fingerprint density at radius 2 is 1.86 bits per heavy atom. The van der Waals surface area contributed by atoms with E-state index in [2.05, 4.69) is 20.6 Å². The lowest BCUT2D eigenvalue weighted by Gasteiger charge is -2.29. The van der Waals surface area contributed by atoms with Crippen LogP contribution in [0.2, 0.25) is 0 Å². The van der Waals surface area contributed by atoms with E-state index in [-0.39, 0.29) is 18.0 Å². The number of amides is 2. The van der Waals surface area contributed by atoms with Crippen LogP contribution in [-0.2, 0) is 34.9 Å². The average Bonchev–Trinajstić information content (AvgIpc) is 2.86. The van der Waals surface area contributed by atoms with Gasteiger partial charge in [-0.2, -0.15) is 0 Å². The molecule has 190 valence electrons. The van der Waals surface area contributed by atoms with Crippen LogP contribution in [0.15, 0.2) is 48.9 Å². The molecule has 1 saturated heterocycles. The topological polar surface area (TPSA) is 146 Å². The summed E-state index contributed by atoms with van der Waals surface area (Å²) in [4.78, 5) is 58.6. The Kier molecular flexibility index (Phi) is 9.51. The highest BCUT2D eigenvalue weighted by Crippen LogP contribution is 2.14. The Bertz CT molecular complexity index is 1050. The molecule has 1 aromatic carbocycles. The summed E-state index contributed by atoms with van der Waals surface area (Å²) in [7, 11) is -1.35. The van der Waals surface area contributed by atoms with E-state index in [1.165, 1.54) is 25.5 Å². The van der Waals surface area contributed by atoms with Gasteiger partial charge in [-0.1, -0.05) is 44.2 Å². The predicted molar refractivity (Wildman–Crippen MR) is 128 cm³/mol. The van der Waals surface area contributed by atoms with Crippen LogP contribution in [0.3, 0.4) is 0 Å². The number of benzene rings is 1. The second-order valence-electron chi connectivity index (χ2n) is 8.80. The smallest absolute Gasteiger partial charge is 0.496 e. The van der Waals surface area contributed by atoms with E-state index >= 15 is 0 Å². The van der Waals surface area contributed by atoms with Gasteiger partial charge in [0, 0.05) is 18.8 Å². The fraction of sp³-hybridized carbons (Fsp3) is 0.417. The third-order valence-electron chi connectivity index (χ3n) is 5.34. The van der Waals surface area contributed by atoms with Gasteiger partial charge in [0.1, 0.15) is 18.3 Å². The quantitative estimate of drug-likeness (QED) is 0.483. The zero-order valence-corrected chi connectivity index (χ0v) is 20.4. The number of nitrogens with zero attached hydrogens (tertiary/aromatic N) is 2. The fourth-order valence-electron chi connectivity index (χ4n) is 3.56. The van der Waals surface area contributed by atoms with Crippen LogP contribution in [-0.4, -0.2) is 65.5 Å². The first-order valence-corrected chi connectivity index (χ1v) is 11.7. The van der Waals surface area contributed by atoms with Gasteiger partial charge in [-0.25, -0.2) is 4.98 Å². The average molecular weight is 496 g/mol. The van der Waals surface area contributed by atoms with E-state index in [9.17, 15) is 19.2 Å². The molecule has 0 bridgehead atoms. The van der Waals surface area contributed by atoms with Crippen molar-refractivity contribution in [3.05, 3.63) is 60.2 Å². The number of ether oxygens (including phenoxy) is 1. The number of rotatable bonds is 9. The first-order valence-electron chi connectivity index (χ1n) is 11.7. The van der Waals surface area contributed by atoms with Crippen molar-refractivity contribution < 1.29 is 33.2 Å². The molecule has 1 aromatic heterocycles. The second-order valence-corrected chi connectivity index (χ2v) is 8.80. The third-order valence-corrected chi connectivity index (χ3v) is 5.34. The number of hydrogen-bond donors (Lipinski definition) is 2. The number of carbonyl (C=O) groups is 4. The van der Waals surface area contributed by atoms with Gasteiger partial charge in [0.15, 0.2) is 6.10 Å². The number of aromatic nitrogens is 2. The van der Waals surface area contributed by atoms with E-state index in [0.717, 1.165) is 5.56 Å². The summed E-state index contributed by atoms with van der Waals surface area (Å²) in [5.74, 6) is -3.36. The molecular weight excluding hydrogens is 467 g/mol. The molecule has 2 N–H and O–H groups in total. The van der Waals surface area contributed by atoms with Crippen molar-refractivity contribution in [2.45, 2.75) is 51.7 Å². The van der Waals surface area contributed by atoms with Crippen LogP contribution in [0.5, 0.6) is 0 Å². The van der Waals surface area contributed by atoms with Gasteiger partial charge in [0.05, 0.1) is 12.1 Å². The van der Waals surface area contributed by atoms with Crippen molar-refractivity contribution >= 4 is 30.9 Å². The highest BCUT2D eigenvalue weighted by molar-refractivity contribution is 6.51. The minimum Gasteiger partial charge on any atom is -0.496 e. The Hall–Kier alpha value is -3.80. The van der Waals surface area contributed by atoms with Gasteiger partial charge in [0.25, 0.3) is 5.91 Å². The van der Waals surface area contributed by atoms with Gasteiger partial charge in [-0.15, -0.1) is 0 Å². The lowest BCUT2D eigenvalue weighted by molar-refractivity contribution is -0.160. The SMILES string of the molecule is CC(C)C[C@H](NC(=O)[C@H](Cc1ccccc1)NC(=O)c1cnccn1)B1OC(=O)CO[C@H](C)C(=O)O1. The maximum Gasteiger partial charge on any atom is 0.622 e. The van der Waals surface area contributed by atoms with E-state index in [0.29, 0.717) is 6.42 Å². The predicted octanol–water partition coefficient (Wildman–Crippen LogP) is 0.881. The largest absolute Gasteiger partial charge is 0.622 e. The lowest BCUT2D eigenvalue weighted by Crippen LogP contribution is -2.58. The minimum absolute atomic E-state index is 0.0496. The summed E-state index contributed by atoms with van der Waals surface area (Å²) in [6.07, 6.45) is 3.66. The second kappa shape index (κ2) is 12.8. The van der Waals surface area contributed by atoms with Crippen molar-refractivity contribution in [2.75, 3.05) is 6.61 Å². The van der Waals surface area contributed by atoms with Crippen molar-refractivity contribution in [2.24, 2.45) is 5.92 Å². The fourth-order valence-corrected chi connectivity index (χ4v) is 3.56. The number of hydrogen-bond acceptors (Lipinski definition) is 9. The van der Waals surface area contributed by atoms with Gasteiger partial charge in [-0.3, -0.25) is 24.2 Å². The van der Waals surface area contributed by atoms with Crippen molar-refractivity contribution in [1.29, 1.82) is 0 Å². The molecule has 0 radical (unpaired) electrons. The maximum absolute atomic E-state index is 13.5. The van der Waals surface area contributed by atoms with E-state index in [1.54, 1.807) is 0 Å². The molecule has 2 heterocycles. The van der Waals surface area contributed by atoms with Gasteiger partial charge >= 0.3 is 19.1 Å². The first-order chi connectivity index (χ1) is 17.2. The zero-order valence-electron chi connectivity index (χ0n) is 20.4. The molecule has 3 atom stereocenters. The Balaban J connectivity index is 1.82. The molecule has 3 rings (SSSR count). The van der Waals surface area contributed by atoms with Gasteiger partial charge in [-0.05, 0) is 24.8 Å². The Labute approximate surface area is 209 Å². The van der Waals surface area contributed by atoms with Crippen LogP contribution < -0.4 is 10.6 Å². The minimum atomic E-state index is -1.35. The number of carbonyl (C=O) groups excluding carboxylic acids is 4. The van der Waals surface area contributed by atoms with E-state index in [4.69, 9.17) is 14.0 Å². The molecule has 36 heavy (non-hydrogen) atoms. The molecule has 1 aliphatic heterocycles. The standard InChI is InChI=1S/C24H29BN4O7/c1-15(2)11-20(25-35-21(30)14-34-16(3)24(33)36-25)29-22(31)18(12-17-7-5-4-6-8-17)28-23(32)19-13-26-9-10-27-19/h4-10,13,15-16,18,20H,11-12,14H2,1-3H3,(H,28,32)(H,29,31)/t16-,18+,20+/m1/s1. The van der Waals surface area contributed by atoms with Crippen molar-refractivity contribution in [3.8, 4) is 0 Å². The summed E-state index contributed by atoms with van der Waals surface area (Å²) in [6, 6.07) is 8.16. The summed E-state index contributed by atoms with van der Waals surface area (Å²) < 4.78 is 15.7. The highest BCUT2D eigenvalue weighted by atomic mass is 16.7. The summed E-state index contributed by atoms with van der Waals surface area (Å²) in [5, 5.41) is 5.52. The Morgan fingerprint density at radius 3 is 2.53 bits per heavy atom. The molecule has 11 nitrogen and oxygen atoms in total. The summed E-state index contributed by atoms with van der Waals surface area (Å²) >= 11 is 0. The van der Waals surface area contributed by atoms with Crippen LogP contribution >= 0.6 is 0 Å². The molecule has 1 aliphatic rings. The molecule has 0 unspecified atom stereocenters. The molecule has 0 saturated carbocycles. The van der Waals surface area contributed by atoms with Crippen LogP contribution in [0.1, 0.15) is 43.2 Å². The van der Waals surface area contributed by atoms with Crippen LogP contribution in [0.25, 0.3) is 0 Å². The molecule has 2 aromatic rings. The maximum atomic E-state index is 13.5. The zero-order chi connectivity index (χ0) is 26.1. The van der Waals surface area contributed by atoms with Crippen LogP contribution in [0, 0.1) is 5.92 Å². The van der Waals surface area contributed by atoms with Crippen LogP contribution in [0.4, 0.5) is 0 Å². The molecule has 0 spiro atoms. The van der Waals surface area contributed by atoms with E-state index in [1.807, 2.05) is 44.2 Å². The Morgan fingerprint density at radius 1 is 1.11 bits per heavy atom. The van der Waals surface area contributed by atoms with E-state index < -0.39 is 55.6 Å². The molecule has 0 aliphatic carbocycles. The summed E-state index contributed by atoms with van der Waals surface area (Å²) in [6.45, 7) is 4.87. The van der Waals surface area contributed by atoms with Crippen molar-refractivity contribution in [1.82, 2.24) is 20.6 Å². The van der Waals surface area contributed by atoms with Gasteiger partial charge in [0.2, 0.25) is 5.91 Å². The monoisotopic (exact) mass is 496 g/mol. The lowest BCUT2D eigenvalue weighted by atomic mass is 9.73. The van der Waals surface area contributed by atoms with Gasteiger partial charge < -0.3 is 24.7 Å². The molecule has 12 heteroatoms. The first kappa shape index (κ1) is 26.8.